The third-order valence-electron chi connectivity index (χ3n) is 4.65. The van der Waals surface area contributed by atoms with Crippen molar-refractivity contribution in [2.75, 3.05) is 11.1 Å². The molecule has 4 rings (SSSR count). The second-order valence-electron chi connectivity index (χ2n) is 6.44. The van der Waals surface area contributed by atoms with Crippen LogP contribution >= 0.6 is 0 Å². The largest absolute Gasteiger partial charge is 0.436 e. The normalized spacial score (nSPS) is 21.0. The molecule has 1 aliphatic carbocycles. The predicted octanol–water partition coefficient (Wildman–Crippen LogP) is 3.79. The topological polar surface area (TPSA) is 84.3 Å². The number of nitrogens with two attached hydrogens (primary N) is 1. The molecule has 1 saturated carbocycles. The van der Waals surface area contributed by atoms with Gasteiger partial charge in [-0.2, -0.15) is 0 Å². The lowest BCUT2D eigenvalue weighted by Crippen LogP contribution is -2.28. The summed E-state index contributed by atoms with van der Waals surface area (Å²) in [7, 11) is 0. The molecule has 0 atom stereocenters. The Balaban J connectivity index is 1.55. The lowest BCUT2D eigenvalue weighted by atomic mass is 9.93. The van der Waals surface area contributed by atoms with Crippen molar-refractivity contribution in [3.05, 3.63) is 42.5 Å². The molecule has 5 heteroatoms. The Bertz CT molecular complexity index is 818. The molecule has 0 spiro atoms. The zero-order valence-corrected chi connectivity index (χ0v) is 13.4. The molecule has 124 valence electrons. The summed E-state index contributed by atoms with van der Waals surface area (Å²) in [5.74, 6) is 0.579. The van der Waals surface area contributed by atoms with Crippen molar-refractivity contribution in [1.82, 2.24) is 4.98 Å². The van der Waals surface area contributed by atoms with Gasteiger partial charge in [0.15, 0.2) is 5.58 Å². The third-order valence-corrected chi connectivity index (χ3v) is 4.65. The Kier molecular flexibility index (Phi) is 3.86. The van der Waals surface area contributed by atoms with Gasteiger partial charge in [-0.1, -0.05) is 12.1 Å². The van der Waals surface area contributed by atoms with Crippen LogP contribution < -0.4 is 11.1 Å². The maximum absolute atomic E-state index is 9.60. The number of nitrogens with one attached hydrogen (secondary N) is 1. The lowest BCUT2D eigenvalue weighted by molar-refractivity contribution is 0.126. The van der Waals surface area contributed by atoms with Crippen molar-refractivity contribution < 1.29 is 9.52 Å². The van der Waals surface area contributed by atoms with Crippen LogP contribution in [-0.2, 0) is 0 Å². The van der Waals surface area contributed by atoms with Gasteiger partial charge in [-0.15, -0.1) is 0 Å². The molecule has 1 aromatic heterocycles. The van der Waals surface area contributed by atoms with E-state index in [0.717, 1.165) is 48.0 Å². The highest BCUT2D eigenvalue weighted by atomic mass is 16.3. The SMILES string of the molecule is Nc1cc(-c2nc3ccccc3o2)ccc1NC1CCC(O)CC1. The summed E-state index contributed by atoms with van der Waals surface area (Å²) in [4.78, 5) is 4.51. The van der Waals surface area contributed by atoms with E-state index in [1.165, 1.54) is 0 Å². The fourth-order valence-corrected chi connectivity index (χ4v) is 3.26. The van der Waals surface area contributed by atoms with E-state index in [1.807, 2.05) is 42.5 Å². The number of nitrogens with zero attached hydrogens (tertiary/aromatic N) is 1. The van der Waals surface area contributed by atoms with Gasteiger partial charge in [0.1, 0.15) is 5.52 Å². The molecule has 0 radical (unpaired) electrons. The number of aromatic nitrogens is 1. The van der Waals surface area contributed by atoms with Gasteiger partial charge in [0, 0.05) is 11.6 Å². The van der Waals surface area contributed by atoms with Crippen LogP contribution in [0.25, 0.3) is 22.6 Å². The van der Waals surface area contributed by atoms with E-state index in [2.05, 4.69) is 10.3 Å². The minimum atomic E-state index is -0.151. The van der Waals surface area contributed by atoms with Crippen molar-refractivity contribution in [2.45, 2.75) is 37.8 Å². The van der Waals surface area contributed by atoms with E-state index >= 15 is 0 Å². The maximum Gasteiger partial charge on any atom is 0.227 e. The quantitative estimate of drug-likeness (QED) is 0.639. The number of nitrogen functional groups attached to an aromatic ring is 1. The first kappa shape index (κ1) is 15.0. The van der Waals surface area contributed by atoms with E-state index in [0.29, 0.717) is 17.6 Å². The fourth-order valence-electron chi connectivity index (χ4n) is 3.26. The van der Waals surface area contributed by atoms with Crippen LogP contribution in [0.3, 0.4) is 0 Å². The van der Waals surface area contributed by atoms with Crippen LogP contribution in [0.5, 0.6) is 0 Å². The third kappa shape index (κ3) is 2.95. The van der Waals surface area contributed by atoms with Crippen molar-refractivity contribution in [3.8, 4) is 11.5 Å². The van der Waals surface area contributed by atoms with Gasteiger partial charge in [-0.25, -0.2) is 4.98 Å². The van der Waals surface area contributed by atoms with Gasteiger partial charge in [-0.05, 0) is 56.0 Å². The molecule has 1 fully saturated rings. The average Bonchev–Trinajstić information content (AvgIpc) is 3.03. The summed E-state index contributed by atoms with van der Waals surface area (Å²) < 4.78 is 5.80. The Hall–Kier alpha value is -2.53. The van der Waals surface area contributed by atoms with Crippen LogP contribution in [-0.4, -0.2) is 22.2 Å². The highest BCUT2D eigenvalue weighted by molar-refractivity contribution is 5.78. The van der Waals surface area contributed by atoms with E-state index in [4.69, 9.17) is 10.2 Å². The summed E-state index contributed by atoms with van der Waals surface area (Å²) in [6, 6.07) is 13.9. The smallest absolute Gasteiger partial charge is 0.227 e. The van der Waals surface area contributed by atoms with Gasteiger partial charge in [0.25, 0.3) is 0 Å². The molecule has 5 nitrogen and oxygen atoms in total. The molecule has 0 amide bonds. The number of benzene rings is 2. The van der Waals surface area contributed by atoms with E-state index in [-0.39, 0.29) is 6.10 Å². The standard InChI is InChI=1S/C19H21N3O2/c20-15-11-12(19-22-17-3-1-2-4-18(17)24-19)5-10-16(15)21-13-6-8-14(23)9-7-13/h1-5,10-11,13-14,21,23H,6-9,20H2. The maximum atomic E-state index is 9.60. The van der Waals surface area contributed by atoms with Gasteiger partial charge in [0.2, 0.25) is 5.89 Å². The predicted molar refractivity (Wildman–Crippen MR) is 95.7 cm³/mol. The van der Waals surface area contributed by atoms with E-state index < -0.39 is 0 Å². The van der Waals surface area contributed by atoms with Crippen molar-refractivity contribution in [3.63, 3.8) is 0 Å². The first-order chi connectivity index (χ1) is 11.7. The van der Waals surface area contributed by atoms with Gasteiger partial charge >= 0.3 is 0 Å². The van der Waals surface area contributed by atoms with Crippen molar-refractivity contribution in [2.24, 2.45) is 0 Å². The summed E-state index contributed by atoms with van der Waals surface area (Å²) in [6.45, 7) is 0. The second kappa shape index (κ2) is 6.17. The molecule has 1 aliphatic rings. The van der Waals surface area contributed by atoms with Gasteiger partial charge < -0.3 is 20.6 Å². The van der Waals surface area contributed by atoms with Crippen LogP contribution in [0, 0.1) is 0 Å². The van der Waals surface area contributed by atoms with E-state index in [9.17, 15) is 5.11 Å². The number of hydrogen-bond donors (Lipinski definition) is 3. The first-order valence-electron chi connectivity index (χ1n) is 8.39. The van der Waals surface area contributed by atoms with E-state index in [1.54, 1.807) is 0 Å². The van der Waals surface area contributed by atoms with Crippen LogP contribution in [0.15, 0.2) is 46.9 Å². The summed E-state index contributed by atoms with van der Waals surface area (Å²) in [6.07, 6.45) is 3.47. The number of para-hydroxylation sites is 2. The molecule has 24 heavy (non-hydrogen) atoms. The Morgan fingerprint density at radius 2 is 1.88 bits per heavy atom. The first-order valence-corrected chi connectivity index (χ1v) is 8.39. The minimum Gasteiger partial charge on any atom is -0.436 e. The second-order valence-corrected chi connectivity index (χ2v) is 6.44. The lowest BCUT2D eigenvalue weighted by Gasteiger charge is -2.27. The molecule has 0 saturated heterocycles. The zero-order chi connectivity index (χ0) is 16.5. The summed E-state index contributed by atoms with van der Waals surface area (Å²) in [5.41, 5.74) is 10.3. The molecule has 0 aliphatic heterocycles. The van der Waals surface area contributed by atoms with Crippen LogP contribution in [0.1, 0.15) is 25.7 Å². The summed E-state index contributed by atoms with van der Waals surface area (Å²) in [5, 5.41) is 13.1. The number of aliphatic hydroxyl groups excluding tert-OH is 1. The van der Waals surface area contributed by atoms with Gasteiger partial charge in [0.05, 0.1) is 17.5 Å². The molecule has 0 bridgehead atoms. The molecule has 0 unspecified atom stereocenters. The van der Waals surface area contributed by atoms with Crippen LogP contribution in [0.2, 0.25) is 0 Å². The molecule has 1 heterocycles. The average molecular weight is 323 g/mol. The zero-order valence-electron chi connectivity index (χ0n) is 13.4. The fraction of sp³-hybridized carbons (Fsp3) is 0.316. The molecule has 4 N–H and O–H groups in total. The number of oxazole rings is 1. The number of anilines is 2. The number of aliphatic hydroxyl groups is 1. The Morgan fingerprint density at radius 1 is 1.08 bits per heavy atom. The molecular formula is C19H21N3O2. The Morgan fingerprint density at radius 3 is 2.62 bits per heavy atom. The minimum absolute atomic E-state index is 0.151. The number of fused-ring (bicyclic) bond motifs is 1. The summed E-state index contributed by atoms with van der Waals surface area (Å²) >= 11 is 0. The highest BCUT2D eigenvalue weighted by Crippen LogP contribution is 2.30. The number of hydrogen-bond acceptors (Lipinski definition) is 5. The van der Waals surface area contributed by atoms with Crippen molar-refractivity contribution >= 4 is 22.5 Å². The number of rotatable bonds is 3. The Labute approximate surface area is 140 Å². The molecule has 2 aromatic carbocycles. The van der Waals surface area contributed by atoms with Crippen molar-refractivity contribution in [1.29, 1.82) is 0 Å². The molecular weight excluding hydrogens is 302 g/mol. The van der Waals surface area contributed by atoms with Crippen LogP contribution in [0.4, 0.5) is 11.4 Å². The monoisotopic (exact) mass is 323 g/mol. The molecule has 3 aromatic rings. The van der Waals surface area contributed by atoms with Gasteiger partial charge in [-0.3, -0.25) is 0 Å². The highest BCUT2D eigenvalue weighted by Gasteiger charge is 2.20.